The van der Waals surface area contributed by atoms with Crippen LogP contribution in [0.3, 0.4) is 0 Å². The van der Waals surface area contributed by atoms with Crippen LogP contribution in [0.25, 0.3) is 15.9 Å². The summed E-state index contributed by atoms with van der Waals surface area (Å²) in [7, 11) is 0. The molecule has 0 spiro atoms. The van der Waals surface area contributed by atoms with E-state index in [0.29, 0.717) is 21.6 Å². The third-order valence-electron chi connectivity index (χ3n) is 5.06. The molecule has 2 heterocycles. The Morgan fingerprint density at radius 1 is 1.03 bits per heavy atom. The number of fused-ring (bicyclic) bond motifs is 1. The number of hydrogen-bond acceptors (Lipinski definition) is 4. The van der Waals surface area contributed by atoms with Crippen molar-refractivity contribution in [1.29, 1.82) is 0 Å². The Labute approximate surface area is 190 Å². The van der Waals surface area contributed by atoms with Crippen LogP contribution in [0, 0.1) is 20.8 Å². The highest BCUT2D eigenvalue weighted by molar-refractivity contribution is 9.10. The molecule has 8 heteroatoms. The van der Waals surface area contributed by atoms with E-state index < -0.39 is 5.69 Å². The first-order valence-corrected chi connectivity index (χ1v) is 11.3. The molecule has 6 nitrogen and oxygen atoms in total. The van der Waals surface area contributed by atoms with Crippen molar-refractivity contribution in [3.05, 3.63) is 89.8 Å². The summed E-state index contributed by atoms with van der Waals surface area (Å²) in [6, 6.07) is 12.9. The van der Waals surface area contributed by atoms with E-state index in [1.807, 2.05) is 51.1 Å². The van der Waals surface area contributed by atoms with E-state index in [2.05, 4.69) is 21.2 Å². The number of thiophene rings is 1. The summed E-state index contributed by atoms with van der Waals surface area (Å²) < 4.78 is 3.71. The second-order valence-corrected chi connectivity index (χ2v) is 9.24. The smallest absolute Gasteiger partial charge is 0.324 e. The molecule has 4 rings (SSSR count). The summed E-state index contributed by atoms with van der Waals surface area (Å²) in [5.74, 6) is -0.356. The molecule has 0 atom stereocenters. The number of halogens is 1. The van der Waals surface area contributed by atoms with E-state index in [4.69, 9.17) is 0 Å². The van der Waals surface area contributed by atoms with Crippen LogP contribution in [-0.4, -0.2) is 15.0 Å². The summed E-state index contributed by atoms with van der Waals surface area (Å²) in [6.45, 7) is 5.51. The molecule has 0 unspecified atom stereocenters. The quantitative estimate of drug-likeness (QED) is 0.449. The lowest BCUT2D eigenvalue weighted by Gasteiger charge is -2.15. The topological polar surface area (TPSA) is 73.1 Å². The van der Waals surface area contributed by atoms with Crippen LogP contribution in [0.1, 0.15) is 16.7 Å². The van der Waals surface area contributed by atoms with Gasteiger partial charge in [0.1, 0.15) is 11.2 Å². The van der Waals surface area contributed by atoms with E-state index in [1.165, 1.54) is 15.9 Å². The molecule has 4 aromatic rings. The molecular formula is C23H20BrN3O3S. The van der Waals surface area contributed by atoms with Gasteiger partial charge in [0, 0.05) is 4.47 Å². The standard InChI is InChI=1S/C23H20BrN3O3S/c1-13-5-7-17(16(24)10-13)25-20(28)12-26-18-8-9-31-21(18)22(29)27(23(26)30)19-11-14(2)4-6-15(19)3/h4-11H,12H2,1-3H3,(H,25,28). The van der Waals surface area contributed by atoms with Crippen LogP contribution in [0.5, 0.6) is 0 Å². The van der Waals surface area contributed by atoms with Crippen molar-refractivity contribution in [2.45, 2.75) is 27.3 Å². The lowest BCUT2D eigenvalue weighted by molar-refractivity contribution is -0.116. The maximum absolute atomic E-state index is 13.4. The van der Waals surface area contributed by atoms with Crippen LogP contribution in [-0.2, 0) is 11.3 Å². The molecule has 31 heavy (non-hydrogen) atoms. The van der Waals surface area contributed by atoms with Crippen LogP contribution in [0.4, 0.5) is 5.69 Å². The molecule has 0 saturated heterocycles. The Bertz CT molecular complexity index is 1450. The number of carbonyl (C=O) groups is 1. The van der Waals surface area contributed by atoms with Crippen molar-refractivity contribution < 1.29 is 4.79 Å². The fraction of sp³-hybridized carbons (Fsp3) is 0.174. The molecule has 2 aromatic carbocycles. The average Bonchev–Trinajstić information content (AvgIpc) is 3.20. The molecule has 0 fully saturated rings. The molecule has 1 N–H and O–H groups in total. The van der Waals surface area contributed by atoms with E-state index >= 15 is 0 Å². The fourth-order valence-electron chi connectivity index (χ4n) is 3.47. The number of nitrogens with zero attached hydrogens (tertiary/aromatic N) is 2. The van der Waals surface area contributed by atoms with Gasteiger partial charge in [-0.3, -0.25) is 14.2 Å². The molecule has 2 aromatic heterocycles. The zero-order valence-electron chi connectivity index (χ0n) is 17.2. The number of hydrogen-bond donors (Lipinski definition) is 1. The first-order valence-electron chi connectivity index (χ1n) is 9.63. The fourth-order valence-corrected chi connectivity index (χ4v) is 4.88. The minimum atomic E-state index is -0.539. The van der Waals surface area contributed by atoms with Crippen LogP contribution in [0.2, 0.25) is 0 Å². The van der Waals surface area contributed by atoms with Crippen molar-refractivity contribution in [2.75, 3.05) is 5.32 Å². The first kappa shape index (κ1) is 21.3. The number of anilines is 1. The highest BCUT2D eigenvalue weighted by Gasteiger charge is 2.19. The predicted molar refractivity (Wildman–Crippen MR) is 129 cm³/mol. The molecular weight excluding hydrogens is 478 g/mol. The van der Waals surface area contributed by atoms with Gasteiger partial charge in [-0.2, -0.15) is 0 Å². The second-order valence-electron chi connectivity index (χ2n) is 7.47. The van der Waals surface area contributed by atoms with Gasteiger partial charge in [0.25, 0.3) is 5.56 Å². The Kier molecular flexibility index (Phi) is 5.68. The summed E-state index contributed by atoms with van der Waals surface area (Å²) in [5, 5.41) is 4.59. The van der Waals surface area contributed by atoms with Crippen molar-refractivity contribution in [2.24, 2.45) is 0 Å². The van der Waals surface area contributed by atoms with Crippen LogP contribution >= 0.6 is 27.3 Å². The van der Waals surface area contributed by atoms with Gasteiger partial charge < -0.3 is 5.32 Å². The van der Waals surface area contributed by atoms with E-state index in [-0.39, 0.29) is 18.0 Å². The minimum Gasteiger partial charge on any atom is -0.324 e. The van der Waals surface area contributed by atoms with Crippen LogP contribution < -0.4 is 16.6 Å². The van der Waals surface area contributed by atoms with Crippen molar-refractivity contribution in [3.63, 3.8) is 0 Å². The highest BCUT2D eigenvalue weighted by Crippen LogP contribution is 2.24. The summed E-state index contributed by atoms with van der Waals surface area (Å²) >= 11 is 4.71. The van der Waals surface area contributed by atoms with Crippen molar-refractivity contribution in [1.82, 2.24) is 9.13 Å². The third-order valence-corrected chi connectivity index (χ3v) is 6.61. The third kappa shape index (κ3) is 4.00. The van der Waals surface area contributed by atoms with E-state index in [0.717, 1.165) is 25.7 Å². The largest absolute Gasteiger partial charge is 0.336 e. The molecule has 0 aliphatic carbocycles. The SMILES string of the molecule is Cc1ccc(NC(=O)Cn2c(=O)n(-c3cc(C)ccc3C)c(=O)c3sccc32)c(Br)c1. The molecule has 158 valence electrons. The molecule has 0 bridgehead atoms. The number of amides is 1. The molecule has 0 radical (unpaired) electrons. The average molecular weight is 498 g/mol. The number of aromatic nitrogens is 2. The number of benzene rings is 2. The Balaban J connectivity index is 1.82. The lowest BCUT2D eigenvalue weighted by atomic mass is 10.1. The zero-order chi connectivity index (χ0) is 22.3. The van der Waals surface area contributed by atoms with E-state index in [1.54, 1.807) is 17.5 Å². The molecule has 1 amide bonds. The van der Waals surface area contributed by atoms with Gasteiger partial charge in [-0.05, 0) is 83.0 Å². The molecule has 0 aliphatic rings. The van der Waals surface area contributed by atoms with Gasteiger partial charge in [0.2, 0.25) is 5.91 Å². The van der Waals surface area contributed by atoms with Gasteiger partial charge in [-0.25, -0.2) is 9.36 Å². The van der Waals surface area contributed by atoms with Gasteiger partial charge in [-0.1, -0.05) is 18.2 Å². The van der Waals surface area contributed by atoms with Crippen LogP contribution in [0.15, 0.2) is 61.9 Å². The summed E-state index contributed by atoms with van der Waals surface area (Å²) in [6.07, 6.45) is 0. The Hall–Kier alpha value is -2.97. The predicted octanol–water partition coefficient (Wildman–Crippen LogP) is 4.54. The Morgan fingerprint density at radius 2 is 1.74 bits per heavy atom. The van der Waals surface area contributed by atoms with E-state index in [9.17, 15) is 14.4 Å². The summed E-state index contributed by atoms with van der Waals surface area (Å²) in [4.78, 5) is 39.4. The normalized spacial score (nSPS) is 11.1. The maximum Gasteiger partial charge on any atom is 0.336 e. The van der Waals surface area contributed by atoms with Crippen molar-refractivity contribution in [3.8, 4) is 5.69 Å². The number of rotatable bonds is 4. The number of carbonyl (C=O) groups excluding carboxylic acids is 1. The lowest BCUT2D eigenvalue weighted by Crippen LogP contribution is -2.40. The Morgan fingerprint density at radius 3 is 2.48 bits per heavy atom. The summed E-state index contributed by atoms with van der Waals surface area (Å²) in [5.41, 5.74) is 3.49. The number of aryl methyl sites for hydroxylation is 3. The van der Waals surface area contributed by atoms with Gasteiger partial charge >= 0.3 is 5.69 Å². The first-order chi connectivity index (χ1) is 14.8. The zero-order valence-corrected chi connectivity index (χ0v) is 19.6. The molecule has 0 aliphatic heterocycles. The minimum absolute atomic E-state index is 0.211. The van der Waals surface area contributed by atoms with Gasteiger partial charge in [0.05, 0.1) is 16.9 Å². The number of nitrogens with one attached hydrogen (secondary N) is 1. The van der Waals surface area contributed by atoms with Gasteiger partial charge in [-0.15, -0.1) is 11.3 Å². The highest BCUT2D eigenvalue weighted by atomic mass is 79.9. The van der Waals surface area contributed by atoms with Gasteiger partial charge in [0.15, 0.2) is 0 Å². The monoisotopic (exact) mass is 497 g/mol. The maximum atomic E-state index is 13.4. The molecule has 0 saturated carbocycles. The van der Waals surface area contributed by atoms with Crippen molar-refractivity contribution >= 4 is 49.1 Å². The second kappa shape index (κ2) is 8.28.